The van der Waals surface area contributed by atoms with E-state index in [1.54, 1.807) is 24.1 Å². The van der Waals surface area contributed by atoms with Crippen molar-refractivity contribution in [2.24, 2.45) is 17.3 Å². The first-order valence-corrected chi connectivity index (χ1v) is 18.2. The van der Waals surface area contributed by atoms with Gasteiger partial charge in [-0.15, -0.1) is 0 Å². The standard InChI is InChI=1S/C39H51F4N3O4/c1-5-25-21-45(22-32(25)31-11-8-28(39(41,42)43)20-34(31)44-18-14-27(15-19-44)35(47)48)36(49)38(40)24-46(29-12-16-37(2,3)17-13-29)23-33(38)26-6-9-30(50-4)10-7-26/h6-11,20,25,27,29,32-33H,5,12-19,21-24H2,1-4H3,(H,47,48)/t25-,32-,33-,38-/m0/s1. The molecule has 0 spiro atoms. The minimum absolute atomic E-state index is 0.00956. The van der Waals surface area contributed by atoms with Crippen LogP contribution in [-0.2, 0) is 15.8 Å². The second kappa shape index (κ2) is 14.0. The average Bonchev–Trinajstić information content (AvgIpc) is 3.69. The van der Waals surface area contributed by atoms with Gasteiger partial charge in [-0.05, 0) is 85.3 Å². The van der Waals surface area contributed by atoms with E-state index in [-0.39, 0.29) is 36.4 Å². The van der Waals surface area contributed by atoms with Crippen LogP contribution in [0.3, 0.4) is 0 Å². The first-order valence-electron chi connectivity index (χ1n) is 18.2. The van der Waals surface area contributed by atoms with Crippen LogP contribution in [0.2, 0.25) is 0 Å². The van der Waals surface area contributed by atoms with Crippen molar-refractivity contribution in [2.75, 3.05) is 51.3 Å². The molecule has 4 aliphatic rings. The highest BCUT2D eigenvalue weighted by Crippen LogP contribution is 2.48. The molecule has 7 nitrogen and oxygen atoms in total. The Balaban J connectivity index is 1.29. The predicted molar refractivity (Wildman–Crippen MR) is 184 cm³/mol. The maximum Gasteiger partial charge on any atom is 0.416 e. The molecule has 4 fully saturated rings. The summed E-state index contributed by atoms with van der Waals surface area (Å²) in [6, 6.07) is 11.3. The van der Waals surface area contributed by atoms with Crippen molar-refractivity contribution in [2.45, 2.75) is 95.4 Å². The molecule has 0 radical (unpaired) electrons. The molecule has 4 atom stereocenters. The summed E-state index contributed by atoms with van der Waals surface area (Å²) in [5.74, 6) is -2.36. The highest BCUT2D eigenvalue weighted by Gasteiger charge is 2.57. The first kappa shape index (κ1) is 36.5. The number of hydrogen-bond donors (Lipinski definition) is 1. The number of likely N-dealkylation sites (tertiary alicyclic amines) is 2. The summed E-state index contributed by atoms with van der Waals surface area (Å²) >= 11 is 0. The summed E-state index contributed by atoms with van der Waals surface area (Å²) in [5.41, 5.74) is -0.810. The summed E-state index contributed by atoms with van der Waals surface area (Å²) in [7, 11) is 1.58. The molecule has 0 bridgehead atoms. The molecule has 6 rings (SSSR count). The summed E-state index contributed by atoms with van der Waals surface area (Å²) in [4.78, 5) is 31.9. The molecular formula is C39H51F4N3O4. The van der Waals surface area contributed by atoms with Crippen molar-refractivity contribution < 1.29 is 37.0 Å². The number of alkyl halides is 4. The van der Waals surface area contributed by atoms with Crippen LogP contribution in [-0.4, -0.2) is 84.9 Å². The fourth-order valence-electron chi connectivity index (χ4n) is 9.04. The lowest BCUT2D eigenvalue weighted by Gasteiger charge is -2.38. The number of carbonyl (C=O) groups is 2. The SMILES string of the molecule is CC[C@H]1CN(C(=O)[C@]2(F)CN(C3CCC(C)(C)CC3)C[C@H]2c2ccc(OC)cc2)C[C@@H]1c1ccc(C(F)(F)F)cc1N1CCC(C(=O)O)CC1. The van der Waals surface area contributed by atoms with Crippen LogP contribution in [0.1, 0.15) is 94.2 Å². The van der Waals surface area contributed by atoms with Crippen molar-refractivity contribution in [1.29, 1.82) is 0 Å². The number of carbonyl (C=O) groups excluding carboxylic acids is 1. The van der Waals surface area contributed by atoms with E-state index in [1.165, 1.54) is 12.1 Å². The Bertz CT molecular complexity index is 1530. The molecule has 1 saturated carbocycles. The van der Waals surface area contributed by atoms with E-state index in [9.17, 15) is 27.9 Å². The number of amides is 1. The minimum atomic E-state index is -4.55. The lowest BCUT2D eigenvalue weighted by atomic mass is 9.75. The van der Waals surface area contributed by atoms with Gasteiger partial charge in [0, 0.05) is 62.8 Å². The molecule has 3 saturated heterocycles. The molecule has 50 heavy (non-hydrogen) atoms. The average molecular weight is 702 g/mol. The van der Waals surface area contributed by atoms with Crippen LogP contribution in [0.5, 0.6) is 5.75 Å². The molecule has 0 aromatic heterocycles. The molecule has 1 aliphatic carbocycles. The van der Waals surface area contributed by atoms with Crippen LogP contribution in [0.15, 0.2) is 42.5 Å². The molecular weight excluding hydrogens is 650 g/mol. The van der Waals surface area contributed by atoms with E-state index in [0.717, 1.165) is 37.3 Å². The maximum absolute atomic E-state index is 17.8. The third-order valence-electron chi connectivity index (χ3n) is 12.3. The Kier molecular flexibility index (Phi) is 10.2. The van der Waals surface area contributed by atoms with Crippen LogP contribution in [0, 0.1) is 17.3 Å². The summed E-state index contributed by atoms with van der Waals surface area (Å²) in [5, 5.41) is 9.51. The van der Waals surface area contributed by atoms with E-state index >= 15 is 4.39 Å². The Hall–Kier alpha value is -3.34. The second-order valence-electron chi connectivity index (χ2n) is 15.9. The predicted octanol–water partition coefficient (Wildman–Crippen LogP) is 7.74. The van der Waals surface area contributed by atoms with Gasteiger partial charge in [-0.3, -0.25) is 14.5 Å². The van der Waals surface area contributed by atoms with Gasteiger partial charge in [-0.1, -0.05) is 45.4 Å². The minimum Gasteiger partial charge on any atom is -0.497 e. The number of methoxy groups -OCH3 is 1. The topological polar surface area (TPSA) is 73.3 Å². The van der Waals surface area contributed by atoms with E-state index in [0.29, 0.717) is 62.4 Å². The Morgan fingerprint density at radius 1 is 0.960 bits per heavy atom. The highest BCUT2D eigenvalue weighted by molar-refractivity contribution is 5.88. The zero-order chi connectivity index (χ0) is 36.0. The Labute approximate surface area is 292 Å². The van der Waals surface area contributed by atoms with E-state index < -0.39 is 41.1 Å². The number of carboxylic acid groups (broad SMARTS) is 1. The van der Waals surface area contributed by atoms with Crippen molar-refractivity contribution in [3.63, 3.8) is 0 Å². The van der Waals surface area contributed by atoms with Gasteiger partial charge in [0.05, 0.1) is 18.6 Å². The van der Waals surface area contributed by atoms with Crippen LogP contribution in [0.4, 0.5) is 23.2 Å². The molecule has 2 aromatic rings. The molecule has 2 aromatic carbocycles. The normalized spacial score (nSPS) is 28.3. The Morgan fingerprint density at radius 3 is 2.20 bits per heavy atom. The summed E-state index contributed by atoms with van der Waals surface area (Å²) in [6.07, 6.45) is 0.796. The molecule has 1 amide bonds. The number of hydrogen-bond acceptors (Lipinski definition) is 5. The van der Waals surface area contributed by atoms with Gasteiger partial charge in [0.1, 0.15) is 5.75 Å². The maximum atomic E-state index is 17.8. The van der Waals surface area contributed by atoms with Gasteiger partial charge >= 0.3 is 12.1 Å². The third-order valence-corrected chi connectivity index (χ3v) is 12.3. The van der Waals surface area contributed by atoms with Crippen molar-refractivity contribution in [1.82, 2.24) is 9.80 Å². The van der Waals surface area contributed by atoms with Gasteiger partial charge < -0.3 is 19.6 Å². The van der Waals surface area contributed by atoms with Crippen LogP contribution >= 0.6 is 0 Å². The van der Waals surface area contributed by atoms with Crippen molar-refractivity contribution in [3.05, 3.63) is 59.2 Å². The van der Waals surface area contributed by atoms with E-state index in [2.05, 4.69) is 18.7 Å². The zero-order valence-electron chi connectivity index (χ0n) is 29.6. The zero-order valence-corrected chi connectivity index (χ0v) is 29.6. The number of halogens is 4. The van der Waals surface area contributed by atoms with Gasteiger partial charge in [-0.25, -0.2) is 4.39 Å². The van der Waals surface area contributed by atoms with Crippen LogP contribution in [0.25, 0.3) is 0 Å². The van der Waals surface area contributed by atoms with Gasteiger partial charge in [0.2, 0.25) is 5.67 Å². The number of benzene rings is 2. The second-order valence-corrected chi connectivity index (χ2v) is 15.9. The number of carboxylic acids is 1. The monoisotopic (exact) mass is 701 g/mol. The number of rotatable bonds is 8. The fraction of sp³-hybridized carbons (Fsp3) is 0.641. The number of aliphatic carboxylic acids is 1. The quantitative estimate of drug-likeness (QED) is 0.284. The molecule has 274 valence electrons. The molecule has 1 N–H and O–H groups in total. The van der Waals surface area contributed by atoms with Gasteiger partial charge in [0.25, 0.3) is 5.91 Å². The molecule has 3 aliphatic heterocycles. The van der Waals surface area contributed by atoms with Gasteiger partial charge in [-0.2, -0.15) is 13.2 Å². The van der Waals surface area contributed by atoms with E-state index in [4.69, 9.17) is 4.74 Å². The van der Waals surface area contributed by atoms with Crippen LogP contribution < -0.4 is 9.64 Å². The molecule has 11 heteroatoms. The van der Waals surface area contributed by atoms with E-state index in [1.807, 2.05) is 24.0 Å². The largest absolute Gasteiger partial charge is 0.497 e. The Morgan fingerprint density at radius 2 is 1.62 bits per heavy atom. The summed E-state index contributed by atoms with van der Waals surface area (Å²) < 4.78 is 65.0. The summed E-state index contributed by atoms with van der Waals surface area (Å²) in [6.45, 7) is 8.15. The smallest absolute Gasteiger partial charge is 0.416 e. The number of piperidine rings is 1. The first-order chi connectivity index (χ1) is 23.6. The highest BCUT2D eigenvalue weighted by atomic mass is 19.4. The number of ether oxygens (including phenoxy) is 1. The van der Waals surface area contributed by atoms with Gasteiger partial charge in [0.15, 0.2) is 0 Å². The number of anilines is 1. The lowest BCUT2D eigenvalue weighted by Crippen LogP contribution is -2.50. The molecule has 0 unspecified atom stereocenters. The van der Waals surface area contributed by atoms with Crippen molar-refractivity contribution >= 4 is 17.6 Å². The molecule has 3 heterocycles. The number of nitrogens with zero attached hydrogens (tertiary/aromatic N) is 3. The lowest BCUT2D eigenvalue weighted by molar-refractivity contribution is -0.143. The van der Waals surface area contributed by atoms with Crippen molar-refractivity contribution in [3.8, 4) is 5.75 Å². The third kappa shape index (κ3) is 7.21. The fourth-order valence-corrected chi connectivity index (χ4v) is 9.04.